The van der Waals surface area contributed by atoms with Crippen LogP contribution in [-0.2, 0) is 9.59 Å². The summed E-state index contributed by atoms with van der Waals surface area (Å²) in [7, 11) is 0. The molecule has 6 rings (SSSR count). The van der Waals surface area contributed by atoms with Crippen LogP contribution < -0.4 is 0 Å². The Morgan fingerprint density at radius 1 is 1.25 bits per heavy atom. The first-order valence-corrected chi connectivity index (χ1v) is 11.3. The smallest absolute Gasteiger partial charge is 0.192 e. The standard InChI is InChI=1S/C25H30O3/c1-3-24-9-6-18-21(22(24)17-13-20(17)25(24,28)7-4-10-26)16-12-15(16)19-11-14(27)5-8-23(18,19)2/h10-11,15-18,20-22,28H,3,5-6,8-9,12-13H2,1-2H3/t15-,16+,17-,18?,20+,21?,22?,23-,24?,25+/m1/s1. The number of hydrogen-bond acceptors (Lipinski definition) is 3. The Bertz CT molecular complexity index is 876. The summed E-state index contributed by atoms with van der Waals surface area (Å²) in [6.45, 7) is 4.67. The van der Waals surface area contributed by atoms with Crippen molar-refractivity contribution in [2.45, 2.75) is 64.4 Å². The highest BCUT2D eigenvalue weighted by Gasteiger charge is 2.79. The van der Waals surface area contributed by atoms with E-state index in [0.717, 1.165) is 32.1 Å². The zero-order valence-electron chi connectivity index (χ0n) is 16.9. The molecule has 3 nitrogen and oxygen atoms in total. The van der Waals surface area contributed by atoms with E-state index in [1.807, 2.05) is 6.08 Å². The molecule has 0 aliphatic heterocycles. The molecule has 5 fully saturated rings. The van der Waals surface area contributed by atoms with E-state index in [4.69, 9.17) is 0 Å². The Labute approximate surface area is 167 Å². The molecular formula is C25H30O3. The summed E-state index contributed by atoms with van der Waals surface area (Å²) < 4.78 is 0. The van der Waals surface area contributed by atoms with Crippen molar-refractivity contribution in [1.29, 1.82) is 0 Å². The van der Waals surface area contributed by atoms with Gasteiger partial charge >= 0.3 is 0 Å². The maximum absolute atomic E-state index is 12.2. The van der Waals surface area contributed by atoms with E-state index in [1.54, 1.807) is 0 Å². The van der Waals surface area contributed by atoms with Crippen LogP contribution in [0.3, 0.4) is 0 Å². The molecule has 0 aromatic heterocycles. The molecule has 0 aromatic rings. The lowest BCUT2D eigenvalue weighted by molar-refractivity contribution is -0.137. The monoisotopic (exact) mass is 378 g/mol. The first-order chi connectivity index (χ1) is 13.4. The minimum Gasteiger partial charge on any atom is -0.377 e. The fourth-order valence-corrected chi connectivity index (χ4v) is 9.20. The second kappa shape index (κ2) is 5.20. The summed E-state index contributed by atoms with van der Waals surface area (Å²) in [5.74, 6) is 10.0. The maximum atomic E-state index is 12.2. The minimum atomic E-state index is -0.979. The van der Waals surface area contributed by atoms with Crippen LogP contribution in [0.5, 0.6) is 0 Å². The Balaban J connectivity index is 1.46. The normalized spacial score (nSPS) is 57.3. The summed E-state index contributed by atoms with van der Waals surface area (Å²) in [4.78, 5) is 23.1. The third-order valence-corrected chi connectivity index (χ3v) is 10.4. The lowest BCUT2D eigenvalue weighted by Gasteiger charge is -2.60. The van der Waals surface area contributed by atoms with Crippen LogP contribution in [0.15, 0.2) is 11.6 Å². The van der Waals surface area contributed by atoms with Crippen LogP contribution in [-0.4, -0.2) is 22.8 Å². The molecule has 28 heavy (non-hydrogen) atoms. The predicted molar refractivity (Wildman–Crippen MR) is 105 cm³/mol. The van der Waals surface area contributed by atoms with Gasteiger partial charge in [0.15, 0.2) is 12.1 Å². The second-order valence-electron chi connectivity index (χ2n) is 10.9. The maximum Gasteiger partial charge on any atom is 0.192 e. The van der Waals surface area contributed by atoms with Gasteiger partial charge in [0.1, 0.15) is 5.60 Å². The molecule has 0 amide bonds. The highest BCUT2D eigenvalue weighted by molar-refractivity contribution is 5.92. The zero-order chi connectivity index (χ0) is 19.5. The van der Waals surface area contributed by atoms with Gasteiger partial charge in [0, 0.05) is 17.8 Å². The van der Waals surface area contributed by atoms with E-state index in [1.165, 1.54) is 12.0 Å². The summed E-state index contributed by atoms with van der Waals surface area (Å²) >= 11 is 0. The van der Waals surface area contributed by atoms with E-state index in [-0.39, 0.29) is 16.7 Å². The van der Waals surface area contributed by atoms with Gasteiger partial charge in [-0.2, -0.15) is 0 Å². The number of ketones is 1. The fourth-order valence-electron chi connectivity index (χ4n) is 9.20. The Morgan fingerprint density at radius 3 is 2.82 bits per heavy atom. The van der Waals surface area contributed by atoms with E-state index in [2.05, 4.69) is 25.7 Å². The number of carbonyl (C=O) groups is 2. The highest BCUT2D eigenvalue weighted by atomic mass is 16.3. The molecule has 0 heterocycles. The average Bonchev–Trinajstić information content (AvgIpc) is 3.59. The fraction of sp³-hybridized carbons (Fsp3) is 0.760. The van der Waals surface area contributed by atoms with Gasteiger partial charge < -0.3 is 5.11 Å². The summed E-state index contributed by atoms with van der Waals surface area (Å²) in [6, 6.07) is 0. The van der Waals surface area contributed by atoms with Crippen molar-refractivity contribution in [3.63, 3.8) is 0 Å². The quantitative estimate of drug-likeness (QED) is 0.561. The minimum absolute atomic E-state index is 0.146. The molecule has 4 unspecified atom stereocenters. The van der Waals surface area contributed by atoms with Gasteiger partial charge in [0.2, 0.25) is 0 Å². The molecular weight excluding hydrogens is 348 g/mol. The van der Waals surface area contributed by atoms with Gasteiger partial charge in [-0.15, -0.1) is 0 Å². The van der Waals surface area contributed by atoms with Crippen LogP contribution in [0.2, 0.25) is 0 Å². The molecule has 6 aliphatic rings. The van der Waals surface area contributed by atoms with E-state index in [9.17, 15) is 14.7 Å². The third-order valence-electron chi connectivity index (χ3n) is 10.4. The van der Waals surface area contributed by atoms with Crippen LogP contribution in [0.1, 0.15) is 58.8 Å². The molecule has 1 N–H and O–H groups in total. The lowest BCUT2D eigenvalue weighted by Crippen LogP contribution is -2.58. The zero-order valence-corrected chi connectivity index (χ0v) is 16.9. The van der Waals surface area contributed by atoms with Crippen LogP contribution in [0, 0.1) is 64.1 Å². The Hall–Kier alpha value is -1.40. The molecule has 0 saturated heterocycles. The van der Waals surface area contributed by atoms with Crippen molar-refractivity contribution in [2.75, 3.05) is 0 Å². The van der Waals surface area contributed by atoms with Gasteiger partial charge in [-0.25, -0.2) is 0 Å². The number of aliphatic hydroxyl groups is 1. The van der Waals surface area contributed by atoms with Crippen molar-refractivity contribution >= 4 is 12.1 Å². The SMILES string of the molecule is CCC12CCC3C(C1[C@@H]1C[C@@H]1[C@@]2(O)C#CC=O)[C@H]1C[C@H]1C1=CC(=O)CC[C@@]13C. The Kier molecular flexibility index (Phi) is 3.24. The predicted octanol–water partition coefficient (Wildman–Crippen LogP) is 3.55. The van der Waals surface area contributed by atoms with E-state index in [0.29, 0.717) is 54.0 Å². The van der Waals surface area contributed by atoms with Gasteiger partial charge in [-0.3, -0.25) is 9.59 Å². The van der Waals surface area contributed by atoms with Gasteiger partial charge in [-0.05, 0) is 91.4 Å². The molecule has 0 aromatic carbocycles. The lowest BCUT2D eigenvalue weighted by atomic mass is 9.44. The van der Waals surface area contributed by atoms with E-state index >= 15 is 0 Å². The molecule has 0 spiro atoms. The summed E-state index contributed by atoms with van der Waals surface area (Å²) in [6.07, 6.45) is 9.79. The number of fused-ring (bicyclic) bond motifs is 10. The molecule has 0 radical (unpaired) electrons. The average molecular weight is 379 g/mol. The third kappa shape index (κ3) is 1.79. The first kappa shape index (κ1) is 17.5. The second-order valence-corrected chi connectivity index (χ2v) is 10.9. The molecule has 148 valence electrons. The van der Waals surface area contributed by atoms with Crippen molar-refractivity contribution in [1.82, 2.24) is 0 Å². The van der Waals surface area contributed by atoms with Crippen LogP contribution in [0.25, 0.3) is 0 Å². The molecule has 10 atom stereocenters. The number of hydrogen-bond donors (Lipinski definition) is 1. The largest absolute Gasteiger partial charge is 0.377 e. The highest BCUT2D eigenvalue weighted by Crippen LogP contribution is 2.81. The molecule has 6 aliphatic carbocycles. The van der Waals surface area contributed by atoms with Gasteiger partial charge in [0.05, 0.1) is 0 Å². The summed E-state index contributed by atoms with van der Waals surface area (Å²) in [5.41, 5.74) is 0.524. The van der Waals surface area contributed by atoms with Crippen LogP contribution >= 0.6 is 0 Å². The molecule has 0 bridgehead atoms. The van der Waals surface area contributed by atoms with E-state index < -0.39 is 5.60 Å². The number of aldehydes is 1. The number of rotatable bonds is 1. The molecule has 3 heteroatoms. The van der Waals surface area contributed by atoms with Crippen molar-refractivity contribution < 1.29 is 14.7 Å². The topological polar surface area (TPSA) is 54.4 Å². The number of allylic oxidation sites excluding steroid dienone is 1. The van der Waals surface area contributed by atoms with Gasteiger partial charge in [-0.1, -0.05) is 25.3 Å². The summed E-state index contributed by atoms with van der Waals surface area (Å²) in [5, 5.41) is 11.8. The molecule has 5 saturated carbocycles. The van der Waals surface area contributed by atoms with Crippen molar-refractivity contribution in [3.05, 3.63) is 11.6 Å². The first-order valence-electron chi connectivity index (χ1n) is 11.3. The van der Waals surface area contributed by atoms with Gasteiger partial charge in [0.25, 0.3) is 0 Å². The number of carbonyl (C=O) groups excluding carboxylic acids is 2. The Morgan fingerprint density at radius 2 is 2.07 bits per heavy atom. The van der Waals surface area contributed by atoms with Crippen LogP contribution in [0.4, 0.5) is 0 Å². The van der Waals surface area contributed by atoms with Crippen molar-refractivity contribution in [3.8, 4) is 11.8 Å². The van der Waals surface area contributed by atoms with Crippen molar-refractivity contribution in [2.24, 2.45) is 52.3 Å².